The van der Waals surface area contributed by atoms with Gasteiger partial charge in [-0.3, -0.25) is 9.59 Å². The van der Waals surface area contributed by atoms with Gasteiger partial charge in [0.15, 0.2) is 0 Å². The van der Waals surface area contributed by atoms with E-state index in [2.05, 4.69) is 20.8 Å². The Morgan fingerprint density at radius 1 is 1.04 bits per heavy atom. The van der Waals surface area contributed by atoms with Crippen molar-refractivity contribution in [2.75, 3.05) is 24.5 Å². The molecule has 0 atom stereocenters. The molecule has 0 radical (unpaired) electrons. The van der Waals surface area contributed by atoms with E-state index in [4.69, 9.17) is 0 Å². The van der Waals surface area contributed by atoms with E-state index in [0.29, 0.717) is 0 Å². The average Bonchev–Trinajstić information content (AvgIpc) is 2.80. The third-order valence-corrected chi connectivity index (χ3v) is 4.64. The fourth-order valence-corrected chi connectivity index (χ4v) is 3.26. The van der Waals surface area contributed by atoms with Crippen LogP contribution in [0.1, 0.15) is 58.9 Å². The summed E-state index contributed by atoms with van der Waals surface area (Å²) >= 11 is 0. The number of para-hydroxylation sites is 1. The van der Waals surface area contributed by atoms with Crippen LogP contribution in [0.2, 0.25) is 0 Å². The lowest BCUT2D eigenvalue weighted by Gasteiger charge is -2.31. The van der Waals surface area contributed by atoms with Crippen LogP contribution in [0.25, 0.3) is 0 Å². The summed E-state index contributed by atoms with van der Waals surface area (Å²) in [7, 11) is 0. The maximum absolute atomic E-state index is 12.7. The van der Waals surface area contributed by atoms with Gasteiger partial charge in [0.05, 0.1) is 0 Å². The molecule has 0 aliphatic carbocycles. The van der Waals surface area contributed by atoms with E-state index < -0.39 is 0 Å². The highest BCUT2D eigenvalue weighted by Gasteiger charge is 2.26. The maximum atomic E-state index is 12.7. The Morgan fingerprint density at radius 3 is 2.17 bits per heavy atom. The molecule has 132 valence electrons. The Bertz CT molecular complexity index is 582. The van der Waals surface area contributed by atoms with Gasteiger partial charge in [-0.05, 0) is 29.9 Å². The lowest BCUT2D eigenvalue weighted by Crippen LogP contribution is -2.43. The zero-order valence-corrected chi connectivity index (χ0v) is 15.5. The number of likely N-dealkylation sites (tertiary alicyclic amines) is 1. The van der Waals surface area contributed by atoms with Gasteiger partial charge in [-0.1, -0.05) is 51.8 Å². The molecule has 1 aromatic rings. The molecule has 4 heteroatoms. The lowest BCUT2D eigenvalue weighted by molar-refractivity contribution is -0.131. The molecule has 0 N–H and O–H groups in total. The van der Waals surface area contributed by atoms with E-state index in [-0.39, 0.29) is 23.8 Å². The average molecular weight is 330 g/mol. The third-order valence-electron chi connectivity index (χ3n) is 4.64. The number of amides is 2. The van der Waals surface area contributed by atoms with Crippen LogP contribution in [-0.2, 0) is 15.0 Å². The molecule has 2 amide bonds. The highest BCUT2D eigenvalue weighted by molar-refractivity contribution is 5.98. The van der Waals surface area contributed by atoms with Crippen molar-refractivity contribution in [3.63, 3.8) is 0 Å². The molecule has 0 aromatic heterocycles. The number of anilines is 1. The van der Waals surface area contributed by atoms with Crippen LogP contribution in [0, 0.1) is 0 Å². The number of carbonyl (C=O) groups is 2. The van der Waals surface area contributed by atoms with E-state index in [1.165, 1.54) is 19.8 Å². The third kappa shape index (κ3) is 4.59. The Hall–Kier alpha value is -1.84. The van der Waals surface area contributed by atoms with Crippen LogP contribution in [0.4, 0.5) is 5.69 Å². The van der Waals surface area contributed by atoms with Crippen LogP contribution in [0.3, 0.4) is 0 Å². The minimum atomic E-state index is -0.0881. The van der Waals surface area contributed by atoms with Crippen molar-refractivity contribution >= 4 is 17.5 Å². The fraction of sp³-hybridized carbons (Fsp3) is 0.600. The number of rotatable bonds is 3. The summed E-state index contributed by atoms with van der Waals surface area (Å²) in [5.41, 5.74) is 1.85. The summed E-state index contributed by atoms with van der Waals surface area (Å²) in [4.78, 5) is 28.5. The lowest BCUT2D eigenvalue weighted by atomic mass is 9.85. The zero-order chi connectivity index (χ0) is 17.7. The standard InChI is InChI=1S/C20H30N2O2/c1-16(23)22(15-19(24)21-13-9-5-6-10-14-21)18-12-8-7-11-17(18)20(2,3)4/h7-8,11-12H,5-6,9-10,13-15H2,1-4H3. The van der Waals surface area contributed by atoms with E-state index in [1.807, 2.05) is 29.2 Å². The van der Waals surface area contributed by atoms with Gasteiger partial charge in [0, 0.05) is 25.7 Å². The predicted molar refractivity (Wildman–Crippen MR) is 98.2 cm³/mol. The summed E-state index contributed by atoms with van der Waals surface area (Å²) in [5.74, 6) is -0.0364. The van der Waals surface area contributed by atoms with E-state index >= 15 is 0 Å². The van der Waals surface area contributed by atoms with Crippen molar-refractivity contribution in [3.8, 4) is 0 Å². The molecule has 0 spiro atoms. The van der Waals surface area contributed by atoms with Crippen molar-refractivity contribution < 1.29 is 9.59 Å². The Morgan fingerprint density at radius 2 is 1.62 bits per heavy atom. The second kappa shape index (κ2) is 7.82. The molecule has 1 saturated heterocycles. The van der Waals surface area contributed by atoms with Gasteiger partial charge in [0.2, 0.25) is 11.8 Å². The van der Waals surface area contributed by atoms with Crippen LogP contribution in [0.5, 0.6) is 0 Å². The first-order valence-corrected chi connectivity index (χ1v) is 8.96. The van der Waals surface area contributed by atoms with E-state index in [9.17, 15) is 9.59 Å². The van der Waals surface area contributed by atoms with Crippen molar-refractivity contribution in [2.45, 2.75) is 58.8 Å². The molecule has 0 unspecified atom stereocenters. The largest absolute Gasteiger partial charge is 0.341 e. The van der Waals surface area contributed by atoms with Crippen LogP contribution in [0.15, 0.2) is 24.3 Å². The summed E-state index contributed by atoms with van der Waals surface area (Å²) in [6.07, 6.45) is 4.49. The second-order valence-electron chi connectivity index (χ2n) is 7.67. The van der Waals surface area contributed by atoms with Gasteiger partial charge in [-0.15, -0.1) is 0 Å². The molecule has 1 aliphatic heterocycles. The normalized spacial score (nSPS) is 15.8. The molecule has 0 bridgehead atoms. The van der Waals surface area contributed by atoms with Gasteiger partial charge in [0.25, 0.3) is 0 Å². The first kappa shape index (κ1) is 18.5. The molecule has 0 saturated carbocycles. The minimum Gasteiger partial charge on any atom is -0.341 e. The summed E-state index contributed by atoms with van der Waals surface area (Å²) in [6, 6.07) is 7.90. The predicted octanol–water partition coefficient (Wildman–Crippen LogP) is 3.74. The monoisotopic (exact) mass is 330 g/mol. The second-order valence-corrected chi connectivity index (χ2v) is 7.67. The van der Waals surface area contributed by atoms with Crippen LogP contribution < -0.4 is 4.90 Å². The molecule has 24 heavy (non-hydrogen) atoms. The van der Waals surface area contributed by atoms with Gasteiger partial charge < -0.3 is 9.80 Å². The Kier molecular flexibility index (Phi) is 6.03. The fourth-order valence-electron chi connectivity index (χ4n) is 3.26. The Labute approximate surface area is 145 Å². The molecule has 1 aromatic carbocycles. The van der Waals surface area contributed by atoms with Crippen molar-refractivity contribution in [1.82, 2.24) is 4.90 Å². The SMILES string of the molecule is CC(=O)N(CC(=O)N1CCCCCC1)c1ccccc1C(C)(C)C. The number of hydrogen-bond donors (Lipinski definition) is 0. The molecular weight excluding hydrogens is 300 g/mol. The van der Waals surface area contributed by atoms with Crippen molar-refractivity contribution in [2.24, 2.45) is 0 Å². The maximum Gasteiger partial charge on any atom is 0.242 e. The van der Waals surface area contributed by atoms with Gasteiger partial charge in [-0.25, -0.2) is 0 Å². The number of hydrogen-bond acceptors (Lipinski definition) is 2. The smallest absolute Gasteiger partial charge is 0.242 e. The molecule has 1 heterocycles. The molecule has 2 rings (SSSR count). The van der Waals surface area contributed by atoms with E-state index in [1.54, 1.807) is 4.90 Å². The highest BCUT2D eigenvalue weighted by Crippen LogP contribution is 2.32. The molecular formula is C20H30N2O2. The summed E-state index contributed by atoms with van der Waals surface area (Å²) in [6.45, 7) is 9.66. The Balaban J connectivity index is 2.24. The van der Waals surface area contributed by atoms with Gasteiger partial charge in [-0.2, -0.15) is 0 Å². The number of carbonyl (C=O) groups excluding carboxylic acids is 2. The zero-order valence-electron chi connectivity index (χ0n) is 15.5. The summed E-state index contributed by atoms with van der Waals surface area (Å²) < 4.78 is 0. The highest BCUT2D eigenvalue weighted by atomic mass is 16.2. The topological polar surface area (TPSA) is 40.6 Å². The van der Waals surface area contributed by atoms with Crippen LogP contribution >= 0.6 is 0 Å². The molecule has 1 fully saturated rings. The van der Waals surface area contributed by atoms with E-state index in [0.717, 1.165) is 37.2 Å². The minimum absolute atomic E-state index is 0.0517. The van der Waals surface area contributed by atoms with Crippen LogP contribution in [-0.4, -0.2) is 36.3 Å². The van der Waals surface area contributed by atoms with Crippen molar-refractivity contribution in [3.05, 3.63) is 29.8 Å². The van der Waals surface area contributed by atoms with Gasteiger partial charge >= 0.3 is 0 Å². The quantitative estimate of drug-likeness (QED) is 0.847. The van der Waals surface area contributed by atoms with Gasteiger partial charge in [0.1, 0.15) is 6.54 Å². The number of nitrogens with zero attached hydrogens (tertiary/aromatic N) is 2. The summed E-state index contributed by atoms with van der Waals surface area (Å²) in [5, 5.41) is 0. The molecule has 1 aliphatic rings. The molecule has 4 nitrogen and oxygen atoms in total. The number of benzene rings is 1. The first-order valence-electron chi connectivity index (χ1n) is 8.96. The first-order chi connectivity index (χ1) is 11.3. The van der Waals surface area contributed by atoms with Crippen molar-refractivity contribution in [1.29, 1.82) is 0 Å².